The molecule has 0 aromatic heterocycles. The molecule has 1 aromatic rings. The molecule has 1 saturated carbocycles. The van der Waals surface area contributed by atoms with Crippen LogP contribution in [0.2, 0.25) is 0 Å². The topological polar surface area (TPSA) is 58.2 Å². The standard InChI is InChI=1S/C19H28N2O2/c1-4-5-9-12-19(2,3)18(23)21-16-13-15(16)17(22)20-14-10-7-6-8-11-14/h6-8,10-11,15-16H,4-5,9,12-13H2,1-3H3,(H,20,22)(H,21,23). The van der Waals surface area contributed by atoms with Gasteiger partial charge >= 0.3 is 0 Å². The average Bonchev–Trinajstić information content (AvgIpc) is 3.27. The number of rotatable bonds is 8. The summed E-state index contributed by atoms with van der Waals surface area (Å²) in [6.07, 6.45) is 5.00. The average molecular weight is 316 g/mol. The molecule has 1 aliphatic rings. The maximum Gasteiger partial charge on any atom is 0.229 e. The minimum atomic E-state index is -0.363. The van der Waals surface area contributed by atoms with Gasteiger partial charge in [-0.3, -0.25) is 9.59 Å². The second-order valence-electron chi connectivity index (χ2n) is 7.12. The predicted molar refractivity (Wildman–Crippen MR) is 93.0 cm³/mol. The molecular weight excluding hydrogens is 288 g/mol. The monoisotopic (exact) mass is 316 g/mol. The number of nitrogens with one attached hydrogen (secondary N) is 2. The first-order valence-electron chi connectivity index (χ1n) is 8.61. The van der Waals surface area contributed by atoms with Crippen LogP contribution in [0.1, 0.15) is 52.9 Å². The highest BCUT2D eigenvalue weighted by Crippen LogP contribution is 2.33. The van der Waals surface area contributed by atoms with Crippen molar-refractivity contribution in [2.45, 2.75) is 58.9 Å². The second kappa shape index (κ2) is 7.62. The molecule has 2 amide bonds. The van der Waals surface area contributed by atoms with E-state index in [1.54, 1.807) is 0 Å². The Bertz CT molecular complexity index is 540. The molecule has 2 unspecified atom stereocenters. The highest BCUT2D eigenvalue weighted by atomic mass is 16.2. The summed E-state index contributed by atoms with van der Waals surface area (Å²) in [5, 5.41) is 5.94. The lowest BCUT2D eigenvalue weighted by Gasteiger charge is -2.23. The van der Waals surface area contributed by atoms with Crippen LogP contribution in [-0.2, 0) is 9.59 Å². The lowest BCUT2D eigenvalue weighted by Crippen LogP contribution is -2.39. The number of hydrogen-bond donors (Lipinski definition) is 2. The number of unbranched alkanes of at least 4 members (excludes halogenated alkanes) is 2. The summed E-state index contributed by atoms with van der Waals surface area (Å²) in [6, 6.07) is 9.41. The third kappa shape index (κ3) is 5.08. The fourth-order valence-corrected chi connectivity index (χ4v) is 2.69. The zero-order chi connectivity index (χ0) is 16.9. The van der Waals surface area contributed by atoms with Gasteiger partial charge in [0, 0.05) is 17.1 Å². The highest BCUT2D eigenvalue weighted by Gasteiger charge is 2.45. The van der Waals surface area contributed by atoms with Gasteiger partial charge in [-0.1, -0.05) is 58.2 Å². The molecule has 0 heterocycles. The summed E-state index contributed by atoms with van der Waals surface area (Å²) in [7, 11) is 0. The zero-order valence-corrected chi connectivity index (χ0v) is 14.4. The molecule has 0 spiro atoms. The molecule has 2 atom stereocenters. The van der Waals surface area contributed by atoms with Gasteiger partial charge < -0.3 is 10.6 Å². The molecule has 1 aliphatic carbocycles. The zero-order valence-electron chi connectivity index (χ0n) is 14.4. The fraction of sp³-hybridized carbons (Fsp3) is 0.579. The first-order chi connectivity index (χ1) is 10.9. The minimum Gasteiger partial charge on any atom is -0.352 e. The molecule has 23 heavy (non-hydrogen) atoms. The van der Waals surface area contributed by atoms with Crippen LogP contribution in [0.15, 0.2) is 30.3 Å². The van der Waals surface area contributed by atoms with Crippen molar-refractivity contribution in [3.63, 3.8) is 0 Å². The van der Waals surface area contributed by atoms with Crippen molar-refractivity contribution in [3.8, 4) is 0 Å². The van der Waals surface area contributed by atoms with Crippen molar-refractivity contribution >= 4 is 17.5 Å². The molecule has 2 rings (SSSR count). The largest absolute Gasteiger partial charge is 0.352 e. The van der Waals surface area contributed by atoms with Crippen molar-refractivity contribution in [2.24, 2.45) is 11.3 Å². The molecular formula is C19H28N2O2. The highest BCUT2D eigenvalue weighted by molar-refractivity contribution is 5.95. The number of hydrogen-bond acceptors (Lipinski definition) is 2. The third-order valence-corrected chi connectivity index (χ3v) is 4.51. The summed E-state index contributed by atoms with van der Waals surface area (Å²) < 4.78 is 0. The lowest BCUT2D eigenvalue weighted by molar-refractivity contribution is -0.130. The molecule has 4 heteroatoms. The van der Waals surface area contributed by atoms with E-state index in [1.165, 1.54) is 0 Å². The quantitative estimate of drug-likeness (QED) is 0.718. The van der Waals surface area contributed by atoms with Gasteiger partial charge in [-0.25, -0.2) is 0 Å². The van der Waals surface area contributed by atoms with Gasteiger partial charge in [-0.2, -0.15) is 0 Å². The number of carbonyl (C=O) groups excluding carboxylic acids is 2. The molecule has 0 bridgehead atoms. The van der Waals surface area contributed by atoms with E-state index >= 15 is 0 Å². The Hall–Kier alpha value is -1.84. The van der Waals surface area contributed by atoms with Gasteiger partial charge in [0.05, 0.1) is 5.92 Å². The summed E-state index contributed by atoms with van der Waals surface area (Å²) in [5.74, 6) is -0.0514. The predicted octanol–water partition coefficient (Wildman–Crippen LogP) is 3.74. The molecule has 0 radical (unpaired) electrons. The first-order valence-corrected chi connectivity index (χ1v) is 8.61. The maximum absolute atomic E-state index is 12.4. The molecule has 126 valence electrons. The van der Waals surface area contributed by atoms with Gasteiger partial charge in [0.1, 0.15) is 0 Å². The Balaban J connectivity index is 1.77. The van der Waals surface area contributed by atoms with Crippen LogP contribution in [0.5, 0.6) is 0 Å². The minimum absolute atomic E-state index is 0.00899. The van der Waals surface area contributed by atoms with Gasteiger partial charge in [-0.05, 0) is 25.0 Å². The Labute approximate surface area is 139 Å². The molecule has 1 fully saturated rings. The Morgan fingerprint density at radius 1 is 1.17 bits per heavy atom. The smallest absolute Gasteiger partial charge is 0.229 e. The third-order valence-electron chi connectivity index (χ3n) is 4.51. The number of amides is 2. The van der Waals surface area contributed by atoms with E-state index in [4.69, 9.17) is 0 Å². The lowest BCUT2D eigenvalue weighted by atomic mass is 9.86. The van der Waals surface area contributed by atoms with E-state index in [1.807, 2.05) is 44.2 Å². The molecule has 1 aromatic carbocycles. The SMILES string of the molecule is CCCCCC(C)(C)C(=O)NC1CC1C(=O)Nc1ccccc1. The van der Waals surface area contributed by atoms with Gasteiger partial charge in [0.25, 0.3) is 0 Å². The van der Waals surface area contributed by atoms with Crippen LogP contribution in [0.4, 0.5) is 5.69 Å². The van der Waals surface area contributed by atoms with E-state index in [0.717, 1.165) is 37.8 Å². The number of carbonyl (C=O) groups is 2. The van der Waals surface area contributed by atoms with E-state index < -0.39 is 0 Å². The second-order valence-corrected chi connectivity index (χ2v) is 7.12. The van der Waals surface area contributed by atoms with Crippen LogP contribution in [-0.4, -0.2) is 17.9 Å². The number of para-hydroxylation sites is 1. The summed E-state index contributed by atoms with van der Waals surface area (Å²) in [6.45, 7) is 6.13. The number of anilines is 1. The fourth-order valence-electron chi connectivity index (χ4n) is 2.69. The van der Waals surface area contributed by atoms with Crippen molar-refractivity contribution in [2.75, 3.05) is 5.32 Å². The van der Waals surface area contributed by atoms with Crippen molar-refractivity contribution < 1.29 is 9.59 Å². The van der Waals surface area contributed by atoms with Gasteiger partial charge in [-0.15, -0.1) is 0 Å². The van der Waals surface area contributed by atoms with Crippen LogP contribution in [0.25, 0.3) is 0 Å². The van der Waals surface area contributed by atoms with Crippen molar-refractivity contribution in [1.82, 2.24) is 5.32 Å². The van der Waals surface area contributed by atoms with E-state index in [2.05, 4.69) is 17.6 Å². The number of benzene rings is 1. The van der Waals surface area contributed by atoms with Crippen LogP contribution < -0.4 is 10.6 Å². The Morgan fingerprint density at radius 3 is 2.52 bits per heavy atom. The van der Waals surface area contributed by atoms with Crippen LogP contribution in [0, 0.1) is 11.3 Å². The van der Waals surface area contributed by atoms with Crippen molar-refractivity contribution in [1.29, 1.82) is 0 Å². The van der Waals surface area contributed by atoms with Gasteiger partial charge in [0.15, 0.2) is 0 Å². The van der Waals surface area contributed by atoms with E-state index in [-0.39, 0.29) is 29.2 Å². The van der Waals surface area contributed by atoms with E-state index in [0.29, 0.717) is 0 Å². The molecule has 0 saturated heterocycles. The Morgan fingerprint density at radius 2 is 1.87 bits per heavy atom. The van der Waals surface area contributed by atoms with Crippen LogP contribution >= 0.6 is 0 Å². The molecule has 2 N–H and O–H groups in total. The molecule has 4 nitrogen and oxygen atoms in total. The summed E-state index contributed by atoms with van der Waals surface area (Å²) in [5.41, 5.74) is 0.437. The Kier molecular flexibility index (Phi) is 5.80. The first kappa shape index (κ1) is 17.5. The van der Waals surface area contributed by atoms with Crippen molar-refractivity contribution in [3.05, 3.63) is 30.3 Å². The van der Waals surface area contributed by atoms with Crippen LogP contribution in [0.3, 0.4) is 0 Å². The van der Waals surface area contributed by atoms with E-state index in [9.17, 15) is 9.59 Å². The summed E-state index contributed by atoms with van der Waals surface area (Å²) in [4.78, 5) is 24.6. The normalized spacial score (nSPS) is 20.0. The summed E-state index contributed by atoms with van der Waals surface area (Å²) >= 11 is 0. The maximum atomic E-state index is 12.4. The van der Waals surface area contributed by atoms with Gasteiger partial charge in [0.2, 0.25) is 11.8 Å². The molecule has 0 aliphatic heterocycles.